The Labute approximate surface area is 121 Å². The highest BCUT2D eigenvalue weighted by Gasteiger charge is 2.17. The van der Waals surface area contributed by atoms with E-state index in [0.29, 0.717) is 0 Å². The average molecular weight is 287 g/mol. The monoisotopic (exact) mass is 287 g/mol. The molecule has 6 nitrogen and oxygen atoms in total. The summed E-state index contributed by atoms with van der Waals surface area (Å²) in [7, 11) is 2.85. The van der Waals surface area contributed by atoms with Crippen LogP contribution in [0.1, 0.15) is 28.9 Å². The van der Waals surface area contributed by atoms with Crippen LogP contribution in [0.3, 0.4) is 0 Å². The topological polar surface area (TPSA) is 73.1 Å². The lowest BCUT2D eigenvalue weighted by Crippen LogP contribution is -2.42. The average Bonchev–Trinajstić information content (AvgIpc) is 2.49. The maximum atomic E-state index is 12.2. The van der Waals surface area contributed by atoms with Crippen LogP contribution < -0.4 is 16.6 Å². The fraction of sp³-hybridized carbons (Fsp3) is 0.267. The summed E-state index contributed by atoms with van der Waals surface area (Å²) in [6.07, 6.45) is 1.26. The van der Waals surface area contributed by atoms with Crippen molar-refractivity contribution in [3.05, 3.63) is 68.5 Å². The lowest BCUT2D eigenvalue weighted by atomic mass is 10.1. The van der Waals surface area contributed by atoms with Crippen LogP contribution in [0.2, 0.25) is 0 Å². The Hall–Kier alpha value is -2.63. The zero-order chi connectivity index (χ0) is 15.6. The summed E-state index contributed by atoms with van der Waals surface area (Å²) in [6, 6.07) is 9.20. The first-order chi connectivity index (χ1) is 9.91. The minimum atomic E-state index is -0.601. The van der Waals surface area contributed by atoms with Gasteiger partial charge >= 0.3 is 5.69 Å². The van der Waals surface area contributed by atoms with Crippen molar-refractivity contribution in [2.45, 2.75) is 13.0 Å². The molecule has 1 atom stereocenters. The predicted octanol–water partition coefficient (Wildman–Crippen LogP) is 0.575. The summed E-state index contributed by atoms with van der Waals surface area (Å²) in [5, 5.41) is 2.76. The van der Waals surface area contributed by atoms with Crippen molar-refractivity contribution in [1.82, 2.24) is 14.5 Å². The Kier molecular flexibility index (Phi) is 4.07. The van der Waals surface area contributed by atoms with Crippen molar-refractivity contribution in [2.75, 3.05) is 0 Å². The van der Waals surface area contributed by atoms with E-state index in [-0.39, 0.29) is 11.6 Å². The van der Waals surface area contributed by atoms with Crippen molar-refractivity contribution in [2.24, 2.45) is 14.1 Å². The summed E-state index contributed by atoms with van der Waals surface area (Å²) < 4.78 is 2.13. The van der Waals surface area contributed by atoms with Crippen molar-refractivity contribution in [3.8, 4) is 0 Å². The van der Waals surface area contributed by atoms with Gasteiger partial charge < -0.3 is 9.88 Å². The van der Waals surface area contributed by atoms with E-state index < -0.39 is 17.2 Å². The zero-order valence-corrected chi connectivity index (χ0v) is 12.2. The molecule has 1 amide bonds. The molecule has 0 saturated carbocycles. The van der Waals surface area contributed by atoms with E-state index >= 15 is 0 Å². The third-order valence-corrected chi connectivity index (χ3v) is 3.34. The minimum absolute atomic E-state index is 0.0534. The van der Waals surface area contributed by atoms with Crippen molar-refractivity contribution in [1.29, 1.82) is 0 Å². The Balaban J connectivity index is 2.30. The van der Waals surface area contributed by atoms with E-state index in [1.54, 1.807) is 0 Å². The molecule has 2 aromatic rings. The molecule has 0 aliphatic heterocycles. The van der Waals surface area contributed by atoms with Gasteiger partial charge in [-0.1, -0.05) is 30.3 Å². The molecule has 1 aromatic heterocycles. The minimum Gasteiger partial charge on any atom is -0.345 e. The number of hydrogen-bond acceptors (Lipinski definition) is 3. The fourth-order valence-electron chi connectivity index (χ4n) is 2.06. The number of benzene rings is 1. The fourth-order valence-corrected chi connectivity index (χ4v) is 2.06. The van der Waals surface area contributed by atoms with Gasteiger partial charge in [0.25, 0.3) is 11.5 Å². The molecule has 0 aliphatic rings. The molecule has 1 unspecified atom stereocenters. The normalized spacial score (nSPS) is 12.0. The highest BCUT2D eigenvalue weighted by molar-refractivity contribution is 5.93. The molecular formula is C15H17N3O3. The second-order valence-electron chi connectivity index (χ2n) is 4.91. The van der Waals surface area contributed by atoms with Gasteiger partial charge in [0, 0.05) is 20.3 Å². The first-order valence-corrected chi connectivity index (χ1v) is 6.54. The van der Waals surface area contributed by atoms with E-state index in [1.165, 1.54) is 24.9 Å². The van der Waals surface area contributed by atoms with Crippen LogP contribution >= 0.6 is 0 Å². The molecule has 1 heterocycles. The standard InChI is InChI=1S/C15H17N3O3/c1-10(11-7-5-4-6-8-11)16-13(19)12-9-17(2)15(21)18(3)14(12)20/h4-10H,1-3H3,(H,16,19). The SMILES string of the molecule is CC(NC(=O)c1cn(C)c(=O)n(C)c1=O)c1ccccc1. The first-order valence-electron chi connectivity index (χ1n) is 6.54. The lowest BCUT2D eigenvalue weighted by molar-refractivity contribution is 0.0936. The highest BCUT2D eigenvalue weighted by atomic mass is 16.2. The zero-order valence-electron chi connectivity index (χ0n) is 12.2. The van der Waals surface area contributed by atoms with Gasteiger partial charge in [0.15, 0.2) is 0 Å². The number of nitrogens with zero attached hydrogens (tertiary/aromatic N) is 2. The van der Waals surface area contributed by atoms with Gasteiger partial charge in [-0.2, -0.15) is 0 Å². The van der Waals surface area contributed by atoms with Crippen LogP contribution in [-0.4, -0.2) is 15.0 Å². The molecule has 0 aliphatic carbocycles. The first kappa shape index (κ1) is 14.8. The van der Waals surface area contributed by atoms with Gasteiger partial charge in [-0.05, 0) is 12.5 Å². The summed E-state index contributed by atoms with van der Waals surface area (Å²) >= 11 is 0. The summed E-state index contributed by atoms with van der Waals surface area (Å²) in [4.78, 5) is 35.8. The van der Waals surface area contributed by atoms with Crippen LogP contribution in [0.25, 0.3) is 0 Å². The van der Waals surface area contributed by atoms with Gasteiger partial charge in [0.2, 0.25) is 0 Å². The number of aryl methyl sites for hydroxylation is 1. The van der Waals surface area contributed by atoms with E-state index in [4.69, 9.17) is 0 Å². The predicted molar refractivity (Wildman–Crippen MR) is 79.2 cm³/mol. The molecule has 0 radical (unpaired) electrons. The van der Waals surface area contributed by atoms with Crippen LogP contribution in [0.5, 0.6) is 0 Å². The van der Waals surface area contributed by atoms with E-state index in [2.05, 4.69) is 5.32 Å². The van der Waals surface area contributed by atoms with Gasteiger partial charge in [-0.15, -0.1) is 0 Å². The quantitative estimate of drug-likeness (QED) is 0.897. The number of rotatable bonds is 3. The maximum Gasteiger partial charge on any atom is 0.330 e. The van der Waals surface area contributed by atoms with E-state index in [9.17, 15) is 14.4 Å². The molecule has 0 spiro atoms. The number of aromatic nitrogens is 2. The summed E-state index contributed by atoms with van der Waals surface area (Å²) in [5.41, 5.74) is -0.182. The van der Waals surface area contributed by atoms with Crippen molar-refractivity contribution in [3.63, 3.8) is 0 Å². The molecule has 6 heteroatoms. The van der Waals surface area contributed by atoms with Crippen molar-refractivity contribution < 1.29 is 4.79 Å². The van der Waals surface area contributed by atoms with E-state index in [1.807, 2.05) is 37.3 Å². The molecule has 0 fully saturated rings. The van der Waals surface area contributed by atoms with Crippen molar-refractivity contribution >= 4 is 5.91 Å². The van der Waals surface area contributed by atoms with Gasteiger partial charge in [0.1, 0.15) is 5.56 Å². The number of hydrogen-bond donors (Lipinski definition) is 1. The Morgan fingerprint density at radius 3 is 2.38 bits per heavy atom. The Bertz CT molecular complexity index is 775. The van der Waals surface area contributed by atoms with Gasteiger partial charge in [0.05, 0.1) is 6.04 Å². The molecule has 110 valence electrons. The third kappa shape index (κ3) is 2.94. The maximum absolute atomic E-state index is 12.2. The molecule has 1 aromatic carbocycles. The largest absolute Gasteiger partial charge is 0.345 e. The summed E-state index contributed by atoms with van der Waals surface area (Å²) in [6.45, 7) is 1.83. The Morgan fingerprint density at radius 2 is 1.76 bits per heavy atom. The molecule has 0 saturated heterocycles. The highest BCUT2D eigenvalue weighted by Crippen LogP contribution is 2.11. The molecule has 2 rings (SSSR count). The van der Waals surface area contributed by atoms with Crippen LogP contribution in [-0.2, 0) is 14.1 Å². The van der Waals surface area contributed by atoms with Crippen LogP contribution in [0.15, 0.2) is 46.1 Å². The second-order valence-corrected chi connectivity index (χ2v) is 4.91. The number of amides is 1. The molecule has 21 heavy (non-hydrogen) atoms. The number of carbonyl (C=O) groups is 1. The van der Waals surface area contributed by atoms with Crippen LogP contribution in [0, 0.1) is 0 Å². The second kappa shape index (κ2) is 5.78. The van der Waals surface area contributed by atoms with Gasteiger partial charge in [-0.3, -0.25) is 14.2 Å². The number of nitrogens with one attached hydrogen (secondary N) is 1. The van der Waals surface area contributed by atoms with E-state index in [0.717, 1.165) is 10.1 Å². The Morgan fingerprint density at radius 1 is 1.14 bits per heavy atom. The molecular weight excluding hydrogens is 270 g/mol. The van der Waals surface area contributed by atoms with Crippen LogP contribution in [0.4, 0.5) is 0 Å². The smallest absolute Gasteiger partial charge is 0.330 e. The van der Waals surface area contributed by atoms with Gasteiger partial charge in [-0.25, -0.2) is 4.79 Å². The number of carbonyl (C=O) groups excluding carboxylic acids is 1. The summed E-state index contributed by atoms with van der Waals surface area (Å²) in [5.74, 6) is -0.498. The molecule has 0 bridgehead atoms. The third-order valence-electron chi connectivity index (χ3n) is 3.34. The lowest BCUT2D eigenvalue weighted by Gasteiger charge is -2.14. The molecule has 1 N–H and O–H groups in total.